The number of nitrogens with two attached hydrogens (primary N) is 1. The fraction of sp³-hybridized carbons (Fsp3) is 0.417. The standard InChI is InChI=1S/C24H30N4O6S/c1-15(21(25)30)28(2,3)11-5-6-17-13-35-23-19(26-14-29)22(31)27(23)20(17)24(32)34-12-16-7-9-18(33-4)10-8-16/h5-10,14-15,19,23H,11-13H2,1-4H3,(H2-,25,26,29,30)/p+1/b6-5+/t15-,19-,23+/m1/s1. The highest BCUT2D eigenvalue weighted by Crippen LogP contribution is 2.41. The number of hydrogen-bond acceptors (Lipinski definition) is 7. The van der Waals surface area contributed by atoms with Gasteiger partial charge >= 0.3 is 5.97 Å². The Kier molecular flexibility index (Phi) is 8.23. The number of nitrogens with zero attached hydrogens (tertiary/aromatic N) is 2. The monoisotopic (exact) mass is 503 g/mol. The van der Waals surface area contributed by atoms with E-state index in [1.54, 1.807) is 44.4 Å². The van der Waals surface area contributed by atoms with Gasteiger partial charge in [0.2, 0.25) is 6.41 Å². The van der Waals surface area contributed by atoms with Crippen molar-refractivity contribution in [2.75, 3.05) is 33.5 Å². The second-order valence-electron chi connectivity index (χ2n) is 8.91. The van der Waals surface area contributed by atoms with Crippen LogP contribution >= 0.6 is 11.8 Å². The van der Waals surface area contributed by atoms with Gasteiger partial charge in [0.05, 0.1) is 27.7 Å². The molecule has 3 amide bonds. The summed E-state index contributed by atoms with van der Waals surface area (Å²) in [5.74, 6) is -0.248. The van der Waals surface area contributed by atoms with Crippen molar-refractivity contribution in [3.8, 4) is 5.75 Å². The average Bonchev–Trinajstić information content (AvgIpc) is 2.84. The Labute approximate surface area is 208 Å². The van der Waals surface area contributed by atoms with Crippen molar-refractivity contribution in [3.05, 3.63) is 53.3 Å². The number of likely N-dealkylation sites (N-methyl/N-ethyl adjacent to an activating group) is 1. The Balaban J connectivity index is 1.82. The lowest BCUT2D eigenvalue weighted by atomic mass is 10.0. The predicted molar refractivity (Wildman–Crippen MR) is 131 cm³/mol. The number of nitrogens with one attached hydrogen (secondary N) is 1. The van der Waals surface area contributed by atoms with Crippen LogP contribution in [-0.2, 0) is 30.5 Å². The number of β-lactam (4-membered cyclic amide) rings is 1. The van der Waals surface area contributed by atoms with E-state index in [0.29, 0.717) is 34.5 Å². The van der Waals surface area contributed by atoms with Gasteiger partial charge in [-0.1, -0.05) is 18.2 Å². The van der Waals surface area contributed by atoms with Crippen LogP contribution in [0.15, 0.2) is 47.7 Å². The topological polar surface area (TPSA) is 128 Å². The third-order valence-electron chi connectivity index (χ3n) is 6.32. The Hall–Kier alpha value is -3.31. The van der Waals surface area contributed by atoms with Gasteiger partial charge in [0.15, 0.2) is 6.04 Å². The van der Waals surface area contributed by atoms with Crippen molar-refractivity contribution in [1.29, 1.82) is 0 Å². The molecule has 10 nitrogen and oxygen atoms in total. The maximum atomic E-state index is 13.2. The number of amides is 3. The van der Waals surface area contributed by atoms with Gasteiger partial charge in [0, 0.05) is 5.75 Å². The van der Waals surface area contributed by atoms with Gasteiger partial charge < -0.3 is 25.0 Å². The van der Waals surface area contributed by atoms with Crippen LogP contribution in [0.1, 0.15) is 12.5 Å². The van der Waals surface area contributed by atoms with Crippen molar-refractivity contribution in [2.24, 2.45) is 5.73 Å². The molecule has 0 spiro atoms. The number of carbonyl (C=O) groups is 4. The predicted octanol–water partition coefficient (Wildman–Crippen LogP) is 0.529. The van der Waals surface area contributed by atoms with Crippen LogP contribution in [-0.4, -0.2) is 84.5 Å². The van der Waals surface area contributed by atoms with Crippen LogP contribution in [0.25, 0.3) is 0 Å². The Morgan fingerprint density at radius 1 is 1.31 bits per heavy atom. The molecule has 3 rings (SSSR count). The van der Waals surface area contributed by atoms with Gasteiger partial charge in [-0.05, 0) is 36.3 Å². The first-order valence-corrected chi connectivity index (χ1v) is 12.1. The van der Waals surface area contributed by atoms with Crippen LogP contribution in [0.3, 0.4) is 0 Å². The Morgan fingerprint density at radius 2 is 2.00 bits per heavy atom. The first kappa shape index (κ1) is 26.3. The molecule has 0 aromatic heterocycles. The van der Waals surface area contributed by atoms with Gasteiger partial charge in [-0.15, -0.1) is 11.8 Å². The molecule has 0 bridgehead atoms. The van der Waals surface area contributed by atoms with Crippen LogP contribution in [0.4, 0.5) is 0 Å². The smallest absolute Gasteiger partial charge is 0.355 e. The number of carbonyl (C=O) groups excluding carboxylic acids is 4. The molecular weight excluding hydrogens is 472 g/mol. The summed E-state index contributed by atoms with van der Waals surface area (Å²) in [6, 6.07) is 6.04. The van der Waals surface area contributed by atoms with E-state index in [1.807, 2.05) is 20.2 Å². The molecule has 11 heteroatoms. The van der Waals surface area contributed by atoms with Gasteiger partial charge in [-0.25, -0.2) is 4.79 Å². The van der Waals surface area contributed by atoms with Gasteiger partial charge in [-0.2, -0.15) is 0 Å². The molecule has 0 saturated carbocycles. The van der Waals surface area contributed by atoms with E-state index in [0.717, 1.165) is 5.56 Å². The van der Waals surface area contributed by atoms with Gasteiger partial charge in [-0.3, -0.25) is 19.3 Å². The molecule has 0 radical (unpaired) electrons. The summed E-state index contributed by atoms with van der Waals surface area (Å²) in [6.07, 6.45) is 4.13. The number of primary amides is 1. The zero-order valence-corrected chi connectivity index (χ0v) is 21.0. The number of esters is 1. The van der Waals surface area contributed by atoms with E-state index < -0.39 is 24.0 Å². The quantitative estimate of drug-likeness (QED) is 0.195. The number of quaternary nitrogens is 1. The molecule has 1 fully saturated rings. The molecule has 2 aliphatic rings. The average molecular weight is 504 g/mol. The van der Waals surface area contributed by atoms with E-state index in [2.05, 4.69) is 5.32 Å². The van der Waals surface area contributed by atoms with Crippen LogP contribution in [0.5, 0.6) is 5.75 Å². The number of methoxy groups -OCH3 is 1. The van der Waals surface area contributed by atoms with Gasteiger partial charge in [0.1, 0.15) is 29.5 Å². The highest BCUT2D eigenvalue weighted by molar-refractivity contribution is 8.00. The maximum absolute atomic E-state index is 13.2. The fourth-order valence-electron chi connectivity index (χ4n) is 3.76. The summed E-state index contributed by atoms with van der Waals surface area (Å²) in [4.78, 5) is 49.8. The minimum atomic E-state index is -0.681. The van der Waals surface area contributed by atoms with E-state index in [1.165, 1.54) is 16.7 Å². The zero-order chi connectivity index (χ0) is 25.8. The molecule has 2 aliphatic heterocycles. The van der Waals surface area contributed by atoms with Crippen LogP contribution in [0.2, 0.25) is 0 Å². The number of ether oxygens (including phenoxy) is 2. The van der Waals surface area contributed by atoms with Crippen molar-refractivity contribution in [1.82, 2.24) is 10.2 Å². The van der Waals surface area contributed by atoms with E-state index in [4.69, 9.17) is 15.2 Å². The molecule has 2 heterocycles. The van der Waals surface area contributed by atoms with E-state index >= 15 is 0 Å². The van der Waals surface area contributed by atoms with Gasteiger partial charge in [0.25, 0.3) is 11.8 Å². The number of rotatable bonds is 11. The fourth-order valence-corrected chi connectivity index (χ4v) is 5.09. The minimum Gasteiger partial charge on any atom is -0.497 e. The Bertz CT molecular complexity index is 1050. The summed E-state index contributed by atoms with van der Waals surface area (Å²) >= 11 is 1.46. The SMILES string of the molecule is COc1ccc(COC(=O)C2=C(/C=C/C[N+](C)(C)[C@H](C)C(N)=O)CS[C@H]3[C@H](NC=O)C(=O)N23)cc1. The van der Waals surface area contributed by atoms with E-state index in [-0.39, 0.29) is 23.6 Å². The highest BCUT2D eigenvalue weighted by Gasteiger charge is 2.53. The second-order valence-corrected chi connectivity index (χ2v) is 10.0. The number of benzene rings is 1. The molecule has 0 aliphatic carbocycles. The summed E-state index contributed by atoms with van der Waals surface area (Å²) < 4.78 is 11.0. The zero-order valence-electron chi connectivity index (χ0n) is 20.2. The third-order valence-corrected chi connectivity index (χ3v) is 7.63. The van der Waals surface area contributed by atoms with Crippen molar-refractivity contribution in [2.45, 2.75) is 31.0 Å². The first-order chi connectivity index (χ1) is 16.6. The molecule has 188 valence electrons. The first-order valence-electron chi connectivity index (χ1n) is 11.1. The summed E-state index contributed by atoms with van der Waals surface area (Å²) in [7, 11) is 5.34. The second kappa shape index (κ2) is 11.0. The van der Waals surface area contributed by atoms with Crippen LogP contribution in [0, 0.1) is 0 Å². The highest BCUT2D eigenvalue weighted by atomic mass is 32.2. The minimum absolute atomic E-state index is 0.0270. The largest absolute Gasteiger partial charge is 0.497 e. The normalized spacial score (nSPS) is 20.7. The molecule has 1 aromatic rings. The number of thioether (sulfide) groups is 1. The van der Waals surface area contributed by atoms with E-state index in [9.17, 15) is 19.2 Å². The molecule has 0 unspecified atom stereocenters. The number of hydrogen-bond donors (Lipinski definition) is 2. The molecule has 3 N–H and O–H groups in total. The molecule has 3 atom stereocenters. The number of allylic oxidation sites excluding steroid dienone is 1. The molecule has 1 saturated heterocycles. The molecule has 1 aromatic carbocycles. The van der Waals surface area contributed by atoms with Crippen molar-refractivity contribution >= 4 is 36.0 Å². The van der Waals surface area contributed by atoms with Crippen LogP contribution < -0.4 is 15.8 Å². The summed E-state index contributed by atoms with van der Waals surface area (Å²) in [6.45, 7) is 2.27. The lowest BCUT2D eigenvalue weighted by Crippen LogP contribution is -2.69. The molecule has 35 heavy (non-hydrogen) atoms. The van der Waals surface area contributed by atoms with Crippen molar-refractivity contribution in [3.63, 3.8) is 0 Å². The van der Waals surface area contributed by atoms with Crippen molar-refractivity contribution < 1.29 is 33.1 Å². The lowest BCUT2D eigenvalue weighted by molar-refractivity contribution is -0.898. The lowest BCUT2D eigenvalue weighted by Gasteiger charge is -2.49. The molecular formula is C24H31N4O6S+. The summed E-state index contributed by atoms with van der Waals surface area (Å²) in [5, 5.41) is 2.14. The Morgan fingerprint density at radius 3 is 2.60 bits per heavy atom. The third kappa shape index (κ3) is 5.68. The number of fused-ring (bicyclic) bond motifs is 1. The maximum Gasteiger partial charge on any atom is 0.355 e. The summed E-state index contributed by atoms with van der Waals surface area (Å²) in [5.41, 5.74) is 7.03.